The fourth-order valence-electron chi connectivity index (χ4n) is 6.49. The Bertz CT molecular complexity index is 1160. The van der Waals surface area contributed by atoms with E-state index in [1.54, 1.807) is 12.1 Å². The second-order valence-electron chi connectivity index (χ2n) is 11.6. The summed E-state index contributed by atoms with van der Waals surface area (Å²) in [5.41, 5.74) is 3.90. The number of unbranched alkanes of at least 4 members (excludes halogenated alkanes) is 1. The lowest BCUT2D eigenvalue weighted by Gasteiger charge is -2.36. The van der Waals surface area contributed by atoms with Crippen LogP contribution in [0.4, 0.5) is 5.69 Å². The van der Waals surface area contributed by atoms with E-state index in [-0.39, 0.29) is 0 Å². The number of carbonyl (C=O) groups is 1. The summed E-state index contributed by atoms with van der Waals surface area (Å²) in [6.07, 6.45) is 12.4. The molecule has 0 radical (unpaired) electrons. The molecular weight excluding hydrogens is 498 g/mol. The third kappa shape index (κ3) is 7.87. The highest BCUT2D eigenvalue weighted by atomic mass is 16.4. The van der Waals surface area contributed by atoms with Crippen LogP contribution in [0.5, 0.6) is 0 Å². The number of anilines is 1. The Morgan fingerprint density at radius 2 is 1.62 bits per heavy atom. The van der Waals surface area contributed by atoms with Crippen molar-refractivity contribution in [1.29, 1.82) is 0 Å². The van der Waals surface area contributed by atoms with Crippen LogP contribution >= 0.6 is 0 Å². The molecule has 3 aliphatic heterocycles. The van der Waals surface area contributed by atoms with Crippen molar-refractivity contribution >= 4 is 22.6 Å². The molecule has 1 aromatic heterocycles. The van der Waals surface area contributed by atoms with Gasteiger partial charge in [0.05, 0.1) is 5.56 Å². The Balaban J connectivity index is 0.000000223. The van der Waals surface area contributed by atoms with E-state index >= 15 is 0 Å². The number of nitrogens with one attached hydrogen (secondary N) is 2. The molecule has 3 fully saturated rings. The number of benzene rings is 2. The van der Waals surface area contributed by atoms with Gasteiger partial charge in [0.1, 0.15) is 0 Å². The number of carboxylic acid groups (broad SMARTS) is 1. The summed E-state index contributed by atoms with van der Waals surface area (Å²) in [4.78, 5) is 22.2. The third-order valence-electron chi connectivity index (χ3n) is 8.89. The van der Waals surface area contributed by atoms with Crippen molar-refractivity contribution < 1.29 is 9.90 Å². The van der Waals surface area contributed by atoms with E-state index in [0.29, 0.717) is 5.56 Å². The topological polar surface area (TPSA) is 74.8 Å². The van der Waals surface area contributed by atoms with Gasteiger partial charge in [-0.25, -0.2) is 4.79 Å². The van der Waals surface area contributed by atoms with E-state index in [0.717, 1.165) is 68.9 Å². The number of likely N-dealkylation sites (tertiary alicyclic amines) is 1. The number of piperidine rings is 2. The van der Waals surface area contributed by atoms with Crippen molar-refractivity contribution in [1.82, 2.24) is 20.1 Å². The molecule has 0 amide bonds. The highest BCUT2D eigenvalue weighted by Crippen LogP contribution is 2.22. The van der Waals surface area contributed by atoms with Crippen LogP contribution in [0.1, 0.15) is 60.9 Å². The SMILES string of the molecule is C1CCN(C2CCNCC2)CC1.O=C(O)c1ccc2[nH]cc(CCCCN3CCN(c4ccccc4)CC3)c2c1. The zero-order chi connectivity index (χ0) is 27.6. The monoisotopic (exact) mass is 545 g/mol. The van der Waals surface area contributed by atoms with Crippen LogP contribution in [-0.2, 0) is 6.42 Å². The Morgan fingerprint density at radius 1 is 0.875 bits per heavy atom. The Kier molecular flexibility index (Phi) is 10.5. The molecule has 7 heteroatoms. The number of para-hydroxylation sites is 1. The van der Waals surface area contributed by atoms with E-state index in [1.165, 1.54) is 69.5 Å². The molecule has 40 heavy (non-hydrogen) atoms. The number of carboxylic acids is 1. The largest absolute Gasteiger partial charge is 0.478 e. The number of hydrogen-bond donors (Lipinski definition) is 3. The number of aromatic carboxylic acids is 1. The predicted molar refractivity (Wildman–Crippen MR) is 165 cm³/mol. The Hall–Kier alpha value is -2.87. The van der Waals surface area contributed by atoms with Crippen LogP contribution in [0.3, 0.4) is 0 Å². The maximum Gasteiger partial charge on any atom is 0.335 e. The first-order valence-corrected chi connectivity index (χ1v) is 15.5. The van der Waals surface area contributed by atoms with Crippen molar-refractivity contribution in [3.63, 3.8) is 0 Å². The average Bonchev–Trinajstić information content (AvgIpc) is 3.43. The number of hydrogen-bond acceptors (Lipinski definition) is 5. The number of aromatic amines is 1. The van der Waals surface area contributed by atoms with Gasteiger partial charge in [-0.15, -0.1) is 0 Å². The van der Waals surface area contributed by atoms with Gasteiger partial charge in [-0.05, 0) is 114 Å². The molecule has 0 unspecified atom stereocenters. The number of aryl methyl sites for hydroxylation is 1. The normalized spacial score (nSPS) is 19.4. The molecule has 3 saturated heterocycles. The second kappa shape index (κ2) is 14.7. The minimum absolute atomic E-state index is 0.352. The summed E-state index contributed by atoms with van der Waals surface area (Å²) in [7, 11) is 0. The number of fused-ring (bicyclic) bond motifs is 1. The smallest absolute Gasteiger partial charge is 0.335 e. The van der Waals surface area contributed by atoms with Crippen LogP contribution in [-0.4, -0.2) is 90.8 Å². The Labute approximate surface area is 239 Å². The number of piperazine rings is 1. The molecule has 0 aliphatic carbocycles. The van der Waals surface area contributed by atoms with Gasteiger partial charge >= 0.3 is 5.97 Å². The molecule has 3 aromatic rings. The van der Waals surface area contributed by atoms with Gasteiger partial charge in [0.2, 0.25) is 0 Å². The van der Waals surface area contributed by atoms with Gasteiger partial charge in [0.15, 0.2) is 0 Å². The second-order valence-corrected chi connectivity index (χ2v) is 11.6. The average molecular weight is 546 g/mol. The van der Waals surface area contributed by atoms with Crippen LogP contribution in [0.15, 0.2) is 54.7 Å². The molecule has 0 atom stereocenters. The number of nitrogens with zero attached hydrogens (tertiary/aromatic N) is 3. The minimum atomic E-state index is -0.872. The maximum atomic E-state index is 11.2. The summed E-state index contributed by atoms with van der Waals surface area (Å²) in [6, 6.07) is 16.8. The molecule has 0 saturated carbocycles. The molecule has 3 aliphatic rings. The van der Waals surface area contributed by atoms with Gasteiger partial charge in [0.25, 0.3) is 0 Å². The quantitative estimate of drug-likeness (QED) is 0.337. The lowest BCUT2D eigenvalue weighted by molar-refractivity contribution is 0.0697. The van der Waals surface area contributed by atoms with Gasteiger partial charge in [-0.3, -0.25) is 4.90 Å². The molecule has 0 spiro atoms. The van der Waals surface area contributed by atoms with E-state index in [9.17, 15) is 9.90 Å². The zero-order valence-electron chi connectivity index (χ0n) is 24.0. The van der Waals surface area contributed by atoms with Crippen molar-refractivity contribution in [2.75, 3.05) is 63.8 Å². The van der Waals surface area contributed by atoms with E-state index in [4.69, 9.17) is 0 Å². The van der Waals surface area contributed by atoms with Crippen LogP contribution in [0.25, 0.3) is 10.9 Å². The van der Waals surface area contributed by atoms with Crippen molar-refractivity contribution in [2.45, 2.75) is 57.4 Å². The van der Waals surface area contributed by atoms with Crippen LogP contribution < -0.4 is 10.2 Å². The predicted octanol–water partition coefficient (Wildman–Crippen LogP) is 5.24. The van der Waals surface area contributed by atoms with E-state index in [1.807, 2.05) is 12.3 Å². The molecule has 6 rings (SSSR count). The first kappa shape index (κ1) is 28.7. The van der Waals surface area contributed by atoms with Gasteiger partial charge in [-0.2, -0.15) is 0 Å². The highest BCUT2D eigenvalue weighted by molar-refractivity contribution is 5.94. The third-order valence-corrected chi connectivity index (χ3v) is 8.89. The van der Waals surface area contributed by atoms with Crippen molar-refractivity contribution in [3.05, 3.63) is 65.9 Å². The van der Waals surface area contributed by atoms with E-state index < -0.39 is 5.97 Å². The lowest BCUT2D eigenvalue weighted by Crippen LogP contribution is -2.46. The standard InChI is InChI=1S/C23H27N3O2.C10H20N2/c27-23(28)18-9-10-22-21(16-18)19(17-24-22)6-4-5-11-25-12-14-26(15-13-25)20-7-2-1-3-8-20;1-2-8-12(9-3-1)10-4-6-11-7-5-10/h1-3,7-10,16-17,24H,4-6,11-15H2,(H,27,28);10-11H,1-9H2. The highest BCUT2D eigenvalue weighted by Gasteiger charge is 2.22. The fraction of sp³-hybridized carbons (Fsp3) is 0.545. The van der Waals surface area contributed by atoms with Crippen LogP contribution in [0.2, 0.25) is 0 Å². The molecule has 4 heterocycles. The molecule has 216 valence electrons. The van der Waals surface area contributed by atoms with Crippen molar-refractivity contribution in [2.24, 2.45) is 0 Å². The number of H-pyrrole nitrogens is 1. The molecule has 2 aromatic carbocycles. The first-order chi connectivity index (χ1) is 19.7. The summed E-state index contributed by atoms with van der Waals surface area (Å²) in [5, 5.41) is 13.7. The number of rotatable bonds is 8. The molecule has 0 bridgehead atoms. The van der Waals surface area contributed by atoms with Gasteiger partial charge < -0.3 is 25.2 Å². The van der Waals surface area contributed by atoms with Crippen LogP contribution in [0, 0.1) is 0 Å². The maximum absolute atomic E-state index is 11.2. The zero-order valence-corrected chi connectivity index (χ0v) is 24.0. The summed E-state index contributed by atoms with van der Waals surface area (Å²) < 4.78 is 0. The van der Waals surface area contributed by atoms with Gasteiger partial charge in [-0.1, -0.05) is 24.6 Å². The minimum Gasteiger partial charge on any atom is -0.478 e. The molecular formula is C33H47N5O2. The summed E-state index contributed by atoms with van der Waals surface area (Å²) in [5.74, 6) is -0.872. The first-order valence-electron chi connectivity index (χ1n) is 15.5. The van der Waals surface area contributed by atoms with Gasteiger partial charge in [0, 0.05) is 55.0 Å². The fourth-order valence-corrected chi connectivity index (χ4v) is 6.49. The molecule has 7 nitrogen and oxygen atoms in total. The Morgan fingerprint density at radius 3 is 2.35 bits per heavy atom. The summed E-state index contributed by atoms with van der Waals surface area (Å²) in [6.45, 7) is 10.7. The summed E-state index contributed by atoms with van der Waals surface area (Å²) >= 11 is 0. The molecule has 3 N–H and O–H groups in total. The lowest BCUT2D eigenvalue weighted by atomic mass is 10.0. The van der Waals surface area contributed by atoms with Crippen molar-refractivity contribution in [3.8, 4) is 0 Å². The number of aromatic nitrogens is 1. The van der Waals surface area contributed by atoms with E-state index in [2.05, 4.69) is 55.3 Å².